The molecule has 2 aromatic rings. The Kier molecular flexibility index (Phi) is 8.13. The molecular weight excluding hydrogens is 449 g/mol. The Bertz CT molecular complexity index is 737. The van der Waals surface area contributed by atoms with Crippen molar-refractivity contribution in [3.63, 3.8) is 0 Å². The molecule has 27 heavy (non-hydrogen) atoms. The zero-order valence-electron chi connectivity index (χ0n) is 16.9. The van der Waals surface area contributed by atoms with Crippen LogP contribution in [-0.4, -0.2) is 47.3 Å². The summed E-state index contributed by atoms with van der Waals surface area (Å²) in [6.45, 7) is 7.43. The van der Waals surface area contributed by atoms with Gasteiger partial charge in [-0.1, -0.05) is 36.8 Å². The average Bonchev–Trinajstić information content (AvgIpc) is 3.25. The van der Waals surface area contributed by atoms with Crippen LogP contribution >= 0.6 is 24.0 Å². The van der Waals surface area contributed by atoms with Crippen molar-refractivity contribution in [2.24, 2.45) is 18.0 Å². The molecule has 0 saturated carbocycles. The van der Waals surface area contributed by atoms with Gasteiger partial charge in [0.2, 0.25) is 0 Å². The topological polar surface area (TPSA) is 45.5 Å². The molecule has 0 amide bonds. The number of hydrogen-bond donors (Lipinski definition) is 1. The zero-order chi connectivity index (χ0) is 18.5. The maximum Gasteiger partial charge on any atom is 0.193 e. The van der Waals surface area contributed by atoms with Crippen LogP contribution in [0.15, 0.2) is 41.7 Å². The number of likely N-dealkylation sites (tertiary alicyclic amines) is 1. The lowest BCUT2D eigenvalue weighted by Crippen LogP contribution is -2.41. The van der Waals surface area contributed by atoms with Gasteiger partial charge in [0.05, 0.1) is 6.20 Å². The Morgan fingerprint density at radius 2 is 2.07 bits per heavy atom. The van der Waals surface area contributed by atoms with Gasteiger partial charge in [0, 0.05) is 39.9 Å². The molecule has 0 radical (unpaired) electrons. The molecule has 3 rings (SSSR count). The maximum absolute atomic E-state index is 4.51. The second-order valence-corrected chi connectivity index (χ2v) is 7.57. The summed E-state index contributed by atoms with van der Waals surface area (Å²) >= 11 is 0. The van der Waals surface area contributed by atoms with Gasteiger partial charge in [0.25, 0.3) is 0 Å². The van der Waals surface area contributed by atoms with Gasteiger partial charge in [-0.2, -0.15) is 5.10 Å². The van der Waals surface area contributed by atoms with Crippen LogP contribution in [0.4, 0.5) is 0 Å². The van der Waals surface area contributed by atoms with Crippen molar-refractivity contribution in [1.82, 2.24) is 20.0 Å². The third kappa shape index (κ3) is 5.96. The minimum absolute atomic E-state index is 0. The summed E-state index contributed by atoms with van der Waals surface area (Å²) < 4.78 is 1.88. The first-order chi connectivity index (χ1) is 12.5. The highest BCUT2D eigenvalue weighted by molar-refractivity contribution is 14.0. The van der Waals surface area contributed by atoms with E-state index in [-0.39, 0.29) is 24.0 Å². The number of aromatic nitrogens is 2. The number of nitrogens with zero attached hydrogens (tertiary/aromatic N) is 4. The molecule has 1 saturated heterocycles. The molecule has 1 aromatic heterocycles. The molecule has 2 unspecified atom stereocenters. The molecule has 1 N–H and O–H groups in total. The minimum atomic E-state index is 0. The van der Waals surface area contributed by atoms with E-state index in [0.29, 0.717) is 11.8 Å². The molecule has 5 nitrogen and oxygen atoms in total. The molecule has 1 aliphatic heterocycles. The molecule has 0 spiro atoms. The molecule has 0 aliphatic carbocycles. The fourth-order valence-corrected chi connectivity index (χ4v) is 3.69. The molecule has 0 bridgehead atoms. The number of aliphatic imine (C=N–C) groups is 1. The Balaban J connectivity index is 0.00000261. The minimum Gasteiger partial charge on any atom is -0.356 e. The Morgan fingerprint density at radius 1 is 1.33 bits per heavy atom. The summed E-state index contributed by atoms with van der Waals surface area (Å²) in [5.74, 6) is 2.16. The molecule has 1 fully saturated rings. The van der Waals surface area contributed by atoms with Gasteiger partial charge in [-0.3, -0.25) is 9.67 Å². The number of rotatable bonds is 5. The largest absolute Gasteiger partial charge is 0.356 e. The number of aryl methyl sites for hydroxylation is 2. The lowest BCUT2D eigenvalue weighted by atomic mass is 10.0. The average molecular weight is 481 g/mol. The van der Waals surface area contributed by atoms with Crippen molar-refractivity contribution in [3.8, 4) is 0 Å². The van der Waals surface area contributed by atoms with E-state index in [1.54, 1.807) is 0 Å². The van der Waals surface area contributed by atoms with Crippen LogP contribution < -0.4 is 5.32 Å². The lowest BCUT2D eigenvalue weighted by molar-refractivity contribution is 0.457. The number of hydrogen-bond acceptors (Lipinski definition) is 2. The number of halogens is 1. The molecule has 2 heterocycles. The molecule has 6 heteroatoms. The van der Waals surface area contributed by atoms with Crippen molar-refractivity contribution in [1.29, 1.82) is 0 Å². The highest BCUT2D eigenvalue weighted by Crippen LogP contribution is 2.21. The predicted octanol–water partition coefficient (Wildman–Crippen LogP) is 3.59. The Hall–Kier alpha value is -1.57. The van der Waals surface area contributed by atoms with Crippen LogP contribution in [0.5, 0.6) is 0 Å². The van der Waals surface area contributed by atoms with Gasteiger partial charge >= 0.3 is 0 Å². The fraction of sp³-hybridized carbons (Fsp3) is 0.524. The predicted molar refractivity (Wildman–Crippen MR) is 123 cm³/mol. The highest BCUT2D eigenvalue weighted by atomic mass is 127. The SMILES string of the molecule is CN=C(NCC(C)c1ccc(C)cc1)N1CCC(Cc2cnn(C)c2)C1.I. The Labute approximate surface area is 180 Å². The quantitative estimate of drug-likeness (QED) is 0.404. The second-order valence-electron chi connectivity index (χ2n) is 7.57. The third-order valence-corrected chi connectivity index (χ3v) is 5.29. The summed E-state index contributed by atoms with van der Waals surface area (Å²) in [6.07, 6.45) is 6.42. The van der Waals surface area contributed by atoms with E-state index in [9.17, 15) is 0 Å². The van der Waals surface area contributed by atoms with Gasteiger partial charge < -0.3 is 10.2 Å². The van der Waals surface area contributed by atoms with E-state index in [1.165, 1.54) is 23.1 Å². The van der Waals surface area contributed by atoms with E-state index < -0.39 is 0 Å². The van der Waals surface area contributed by atoms with Crippen molar-refractivity contribution in [2.45, 2.75) is 32.6 Å². The fourth-order valence-electron chi connectivity index (χ4n) is 3.69. The van der Waals surface area contributed by atoms with Crippen LogP contribution in [-0.2, 0) is 13.5 Å². The van der Waals surface area contributed by atoms with Crippen LogP contribution in [0.3, 0.4) is 0 Å². The van der Waals surface area contributed by atoms with Crippen LogP contribution in [0, 0.1) is 12.8 Å². The van der Waals surface area contributed by atoms with Crippen LogP contribution in [0.25, 0.3) is 0 Å². The summed E-state index contributed by atoms with van der Waals surface area (Å²) in [7, 11) is 3.86. The molecule has 148 valence electrons. The normalized spacial score (nSPS) is 18.3. The van der Waals surface area contributed by atoms with Crippen LogP contribution in [0.1, 0.15) is 36.0 Å². The summed E-state index contributed by atoms with van der Waals surface area (Å²) in [5.41, 5.74) is 4.01. The Morgan fingerprint density at radius 3 is 2.70 bits per heavy atom. The molecular formula is C21H32IN5. The van der Waals surface area contributed by atoms with Gasteiger partial charge in [-0.15, -0.1) is 24.0 Å². The van der Waals surface area contributed by atoms with Gasteiger partial charge in [-0.25, -0.2) is 0 Å². The number of nitrogens with one attached hydrogen (secondary N) is 1. The molecule has 1 aromatic carbocycles. The molecule has 2 atom stereocenters. The summed E-state index contributed by atoms with van der Waals surface area (Å²) in [5, 5.41) is 7.85. The standard InChI is InChI=1S/C21H31N5.HI/c1-16-5-7-20(8-6-16)17(2)12-23-21(22-3)26-10-9-18(15-26)11-19-13-24-25(4)14-19;/h5-8,13-14,17-18H,9-12,15H2,1-4H3,(H,22,23);1H. The van der Waals surface area contributed by atoms with E-state index in [0.717, 1.165) is 32.0 Å². The van der Waals surface area contributed by atoms with Crippen molar-refractivity contribution >= 4 is 29.9 Å². The van der Waals surface area contributed by atoms with E-state index in [1.807, 2.05) is 25.0 Å². The first-order valence-electron chi connectivity index (χ1n) is 9.55. The smallest absolute Gasteiger partial charge is 0.193 e. The van der Waals surface area contributed by atoms with Gasteiger partial charge in [-0.05, 0) is 42.7 Å². The van der Waals surface area contributed by atoms with Gasteiger partial charge in [0.15, 0.2) is 5.96 Å². The third-order valence-electron chi connectivity index (χ3n) is 5.29. The molecule has 1 aliphatic rings. The van der Waals surface area contributed by atoms with Crippen molar-refractivity contribution in [2.75, 3.05) is 26.7 Å². The lowest BCUT2D eigenvalue weighted by Gasteiger charge is -2.23. The van der Waals surface area contributed by atoms with Crippen molar-refractivity contribution in [3.05, 3.63) is 53.3 Å². The summed E-state index contributed by atoms with van der Waals surface area (Å²) in [4.78, 5) is 6.90. The maximum atomic E-state index is 4.51. The van der Waals surface area contributed by atoms with E-state index in [2.05, 4.69) is 64.6 Å². The van der Waals surface area contributed by atoms with E-state index >= 15 is 0 Å². The highest BCUT2D eigenvalue weighted by Gasteiger charge is 2.25. The van der Waals surface area contributed by atoms with Crippen LogP contribution in [0.2, 0.25) is 0 Å². The first-order valence-corrected chi connectivity index (χ1v) is 9.55. The van der Waals surface area contributed by atoms with Gasteiger partial charge in [0.1, 0.15) is 0 Å². The zero-order valence-corrected chi connectivity index (χ0v) is 19.2. The van der Waals surface area contributed by atoms with Crippen molar-refractivity contribution < 1.29 is 0 Å². The second kappa shape index (κ2) is 10.1. The monoisotopic (exact) mass is 481 g/mol. The summed E-state index contributed by atoms with van der Waals surface area (Å²) in [6, 6.07) is 8.82. The number of benzene rings is 1. The van der Waals surface area contributed by atoms with E-state index in [4.69, 9.17) is 0 Å². The first kappa shape index (κ1) is 21.7. The number of guanidine groups is 1.